The quantitative estimate of drug-likeness (QED) is 0.707. The minimum absolute atomic E-state index is 0.0722. The molecule has 0 aromatic heterocycles. The van der Waals surface area contributed by atoms with Crippen LogP contribution in [0.25, 0.3) is 0 Å². The van der Waals surface area contributed by atoms with Crippen molar-refractivity contribution in [3.8, 4) is 0 Å². The molecule has 0 spiro atoms. The van der Waals surface area contributed by atoms with E-state index in [2.05, 4.69) is 20.9 Å². The molecule has 2 heterocycles. The number of rotatable bonds is 6. The summed E-state index contributed by atoms with van der Waals surface area (Å²) in [5, 5.41) is 7.98. The van der Waals surface area contributed by atoms with Gasteiger partial charge >= 0.3 is 0 Å². The average Bonchev–Trinajstić information content (AvgIpc) is 3.24. The highest BCUT2D eigenvalue weighted by molar-refractivity contribution is 5.92. The molecule has 148 valence electrons. The number of carbonyl (C=O) groups excluding carboxylic acids is 2. The molecule has 0 bridgehead atoms. The number of hydrogen-bond acceptors (Lipinski definition) is 4. The lowest BCUT2D eigenvalue weighted by Gasteiger charge is -2.19. The van der Waals surface area contributed by atoms with Gasteiger partial charge < -0.3 is 15.5 Å². The van der Waals surface area contributed by atoms with E-state index in [0.717, 1.165) is 18.8 Å². The molecule has 3 rings (SSSR count). The second-order valence-corrected chi connectivity index (χ2v) is 7.40. The molecule has 2 amide bonds. The molecular weight excluding hydrogens is 354 g/mol. The van der Waals surface area contributed by atoms with Crippen molar-refractivity contribution in [1.82, 2.24) is 10.6 Å². The predicted molar refractivity (Wildman–Crippen MR) is 100 cm³/mol. The molecule has 2 unspecified atom stereocenters. The Balaban J connectivity index is 1.47. The minimum atomic E-state index is -2.86. The van der Waals surface area contributed by atoms with Gasteiger partial charge in [0, 0.05) is 43.3 Å². The van der Waals surface area contributed by atoms with Crippen LogP contribution >= 0.6 is 0 Å². The van der Waals surface area contributed by atoms with Crippen LogP contribution in [0, 0.1) is 0 Å². The van der Waals surface area contributed by atoms with E-state index >= 15 is 0 Å². The zero-order valence-corrected chi connectivity index (χ0v) is 15.4. The van der Waals surface area contributed by atoms with Crippen LogP contribution in [0.2, 0.25) is 0 Å². The standard InChI is InChI=1S/C19H26F2N4O2/c1-13(23-18(27)16-11-19(20,21)12-22-16)9-17(26)24-14-5-4-6-15(10-14)25-7-2-3-8-25/h4-6,10,13,16,22H,2-3,7-9,11-12H2,1H3,(H,23,27)(H,24,26). The number of nitrogens with one attached hydrogen (secondary N) is 3. The number of halogens is 2. The van der Waals surface area contributed by atoms with Gasteiger partial charge in [0.25, 0.3) is 5.92 Å². The number of hydrogen-bond donors (Lipinski definition) is 3. The number of nitrogens with zero attached hydrogens (tertiary/aromatic N) is 1. The zero-order valence-electron chi connectivity index (χ0n) is 15.4. The van der Waals surface area contributed by atoms with E-state index in [1.54, 1.807) is 6.92 Å². The van der Waals surface area contributed by atoms with Crippen LogP contribution in [0.15, 0.2) is 24.3 Å². The molecule has 27 heavy (non-hydrogen) atoms. The van der Waals surface area contributed by atoms with Crippen molar-refractivity contribution in [2.24, 2.45) is 0 Å². The van der Waals surface area contributed by atoms with Crippen LogP contribution in [-0.2, 0) is 9.59 Å². The maximum atomic E-state index is 13.2. The molecule has 0 radical (unpaired) electrons. The highest BCUT2D eigenvalue weighted by Gasteiger charge is 2.42. The van der Waals surface area contributed by atoms with Crippen molar-refractivity contribution >= 4 is 23.2 Å². The molecule has 2 aliphatic heterocycles. The summed E-state index contributed by atoms with van der Waals surface area (Å²) >= 11 is 0. The van der Waals surface area contributed by atoms with Crippen molar-refractivity contribution in [3.05, 3.63) is 24.3 Å². The van der Waals surface area contributed by atoms with Crippen molar-refractivity contribution in [1.29, 1.82) is 0 Å². The summed E-state index contributed by atoms with van der Waals surface area (Å²) < 4.78 is 26.4. The van der Waals surface area contributed by atoms with Gasteiger partial charge in [0.2, 0.25) is 11.8 Å². The molecule has 2 fully saturated rings. The molecule has 8 heteroatoms. The van der Waals surface area contributed by atoms with Crippen molar-refractivity contribution in [3.63, 3.8) is 0 Å². The Kier molecular flexibility index (Phi) is 5.94. The molecular formula is C19H26F2N4O2. The SMILES string of the molecule is CC(CC(=O)Nc1cccc(N2CCCC2)c1)NC(=O)C1CC(F)(F)CN1. The summed E-state index contributed by atoms with van der Waals surface area (Å²) in [5.41, 5.74) is 1.79. The normalized spacial score (nSPS) is 22.5. The Hall–Kier alpha value is -2.22. The van der Waals surface area contributed by atoms with Gasteiger partial charge in [-0.25, -0.2) is 8.78 Å². The zero-order chi connectivity index (χ0) is 19.4. The third-order valence-electron chi connectivity index (χ3n) is 4.91. The van der Waals surface area contributed by atoms with Crippen LogP contribution in [0.1, 0.15) is 32.6 Å². The first-order valence-electron chi connectivity index (χ1n) is 9.39. The minimum Gasteiger partial charge on any atom is -0.371 e. The third kappa shape index (κ3) is 5.38. The van der Waals surface area contributed by atoms with E-state index in [1.807, 2.05) is 24.3 Å². The van der Waals surface area contributed by atoms with Crippen LogP contribution in [0.4, 0.5) is 20.2 Å². The fraction of sp³-hybridized carbons (Fsp3) is 0.579. The second kappa shape index (κ2) is 8.21. The largest absolute Gasteiger partial charge is 0.371 e. The van der Waals surface area contributed by atoms with Gasteiger partial charge in [0.1, 0.15) is 0 Å². The molecule has 6 nitrogen and oxygen atoms in total. The van der Waals surface area contributed by atoms with E-state index in [4.69, 9.17) is 0 Å². The third-order valence-corrected chi connectivity index (χ3v) is 4.91. The highest BCUT2D eigenvalue weighted by Crippen LogP contribution is 2.25. The van der Waals surface area contributed by atoms with Crippen LogP contribution in [0.3, 0.4) is 0 Å². The van der Waals surface area contributed by atoms with E-state index in [0.29, 0.717) is 5.69 Å². The van der Waals surface area contributed by atoms with Crippen LogP contribution in [0.5, 0.6) is 0 Å². The van der Waals surface area contributed by atoms with Gasteiger partial charge in [0.15, 0.2) is 0 Å². The fourth-order valence-corrected chi connectivity index (χ4v) is 3.54. The maximum Gasteiger partial charge on any atom is 0.262 e. The smallest absolute Gasteiger partial charge is 0.262 e. The molecule has 0 aliphatic carbocycles. The number of carbonyl (C=O) groups is 2. The lowest BCUT2D eigenvalue weighted by molar-refractivity contribution is -0.124. The molecule has 2 atom stereocenters. The first-order valence-corrected chi connectivity index (χ1v) is 9.39. The number of amides is 2. The van der Waals surface area contributed by atoms with Gasteiger partial charge in [-0.05, 0) is 38.0 Å². The fourth-order valence-electron chi connectivity index (χ4n) is 3.54. The molecule has 1 aromatic carbocycles. The lowest BCUT2D eigenvalue weighted by atomic mass is 10.1. The first-order chi connectivity index (χ1) is 12.8. The number of anilines is 2. The van der Waals surface area contributed by atoms with Gasteiger partial charge in [-0.15, -0.1) is 0 Å². The Morgan fingerprint density at radius 1 is 1.33 bits per heavy atom. The van der Waals surface area contributed by atoms with E-state index in [9.17, 15) is 18.4 Å². The second-order valence-electron chi connectivity index (χ2n) is 7.40. The van der Waals surface area contributed by atoms with Crippen molar-refractivity contribution < 1.29 is 18.4 Å². The average molecular weight is 380 g/mol. The summed E-state index contributed by atoms with van der Waals surface area (Å²) in [6.45, 7) is 3.24. The molecule has 0 saturated carbocycles. The lowest BCUT2D eigenvalue weighted by Crippen LogP contribution is -2.45. The van der Waals surface area contributed by atoms with Gasteiger partial charge in [-0.1, -0.05) is 6.07 Å². The van der Waals surface area contributed by atoms with E-state index in [-0.39, 0.29) is 12.3 Å². The van der Waals surface area contributed by atoms with Crippen molar-refractivity contribution in [2.75, 3.05) is 29.9 Å². The van der Waals surface area contributed by atoms with Crippen molar-refractivity contribution in [2.45, 2.75) is 50.6 Å². The topological polar surface area (TPSA) is 73.5 Å². The molecule has 3 N–H and O–H groups in total. The Morgan fingerprint density at radius 2 is 2.07 bits per heavy atom. The van der Waals surface area contributed by atoms with Crippen LogP contribution in [-0.4, -0.2) is 49.5 Å². The van der Waals surface area contributed by atoms with Gasteiger partial charge in [0.05, 0.1) is 12.6 Å². The molecule has 1 aromatic rings. The Morgan fingerprint density at radius 3 is 2.74 bits per heavy atom. The van der Waals surface area contributed by atoms with Gasteiger partial charge in [-0.2, -0.15) is 0 Å². The maximum absolute atomic E-state index is 13.2. The Bertz CT molecular complexity index is 692. The summed E-state index contributed by atoms with van der Waals surface area (Å²) in [5.74, 6) is -3.59. The van der Waals surface area contributed by atoms with E-state index < -0.39 is 36.9 Å². The summed E-state index contributed by atoms with van der Waals surface area (Å²) in [6, 6.07) is 6.33. The Labute approximate surface area is 157 Å². The molecule has 2 aliphatic rings. The summed E-state index contributed by atoms with van der Waals surface area (Å²) in [6.07, 6.45) is 1.91. The van der Waals surface area contributed by atoms with Gasteiger partial charge in [-0.3, -0.25) is 14.9 Å². The number of benzene rings is 1. The van der Waals surface area contributed by atoms with Crippen LogP contribution < -0.4 is 20.9 Å². The summed E-state index contributed by atoms with van der Waals surface area (Å²) in [7, 11) is 0. The monoisotopic (exact) mass is 380 g/mol. The summed E-state index contributed by atoms with van der Waals surface area (Å²) in [4.78, 5) is 26.6. The highest BCUT2D eigenvalue weighted by atomic mass is 19.3. The first kappa shape index (κ1) is 19.5. The molecule has 2 saturated heterocycles. The van der Waals surface area contributed by atoms with E-state index in [1.165, 1.54) is 12.8 Å². The number of alkyl halides is 2. The predicted octanol–water partition coefficient (Wildman–Crippen LogP) is 2.12.